The number of rotatable bonds is 2. The molecule has 0 spiro atoms. The van der Waals surface area contributed by atoms with Crippen molar-refractivity contribution in [3.63, 3.8) is 0 Å². The maximum Gasteiger partial charge on any atom is 0.337 e. The molecule has 98 valence electrons. The summed E-state index contributed by atoms with van der Waals surface area (Å²) in [5, 5.41) is 9.21. The Bertz CT molecular complexity index is 484. The topological polar surface area (TPSA) is 45.5 Å². The van der Waals surface area contributed by atoms with Crippen molar-refractivity contribution in [1.29, 1.82) is 0 Å². The molecular weight excluding hydrogens is 228 g/mol. The Kier molecular flexibility index (Phi) is 2.70. The van der Waals surface area contributed by atoms with E-state index >= 15 is 0 Å². The minimum absolute atomic E-state index is 0.462. The van der Waals surface area contributed by atoms with Gasteiger partial charge in [-0.1, -0.05) is 0 Å². The van der Waals surface area contributed by atoms with Crippen LogP contribution in [0, 0.1) is 19.8 Å². The highest BCUT2D eigenvalue weighted by molar-refractivity contribution is 5.89. The van der Waals surface area contributed by atoms with Gasteiger partial charge < -0.3 is 14.6 Å². The summed E-state index contributed by atoms with van der Waals surface area (Å²) in [6, 6.07) is 2.29. The van der Waals surface area contributed by atoms with Crippen molar-refractivity contribution in [1.82, 2.24) is 9.47 Å². The fraction of sp³-hybridized carbons (Fsp3) is 0.643. The number of carbonyl (C=O) groups is 1. The van der Waals surface area contributed by atoms with E-state index in [1.165, 1.54) is 25.9 Å². The van der Waals surface area contributed by atoms with Gasteiger partial charge in [0.1, 0.15) is 0 Å². The maximum absolute atomic E-state index is 11.2. The summed E-state index contributed by atoms with van der Waals surface area (Å²) in [7, 11) is 0. The Labute approximate surface area is 107 Å². The molecule has 2 bridgehead atoms. The van der Waals surface area contributed by atoms with Crippen LogP contribution in [0.1, 0.15) is 40.6 Å². The summed E-state index contributed by atoms with van der Waals surface area (Å²) in [6.07, 6.45) is 2.51. The van der Waals surface area contributed by atoms with Crippen LogP contribution in [0.15, 0.2) is 6.07 Å². The molecule has 1 aromatic heterocycles. The van der Waals surface area contributed by atoms with Crippen molar-refractivity contribution >= 4 is 5.97 Å². The predicted molar refractivity (Wildman–Crippen MR) is 69.1 cm³/mol. The van der Waals surface area contributed by atoms with Crippen molar-refractivity contribution in [2.45, 2.75) is 32.7 Å². The second kappa shape index (κ2) is 4.12. The van der Waals surface area contributed by atoms with Gasteiger partial charge in [0.25, 0.3) is 0 Å². The summed E-state index contributed by atoms with van der Waals surface area (Å²) in [4.78, 5) is 13.7. The number of hydrogen-bond acceptors (Lipinski definition) is 2. The van der Waals surface area contributed by atoms with Crippen molar-refractivity contribution in [3.05, 3.63) is 23.0 Å². The first-order chi connectivity index (χ1) is 8.58. The number of hydrogen-bond donors (Lipinski definition) is 1. The maximum atomic E-state index is 11.2. The van der Waals surface area contributed by atoms with E-state index in [4.69, 9.17) is 0 Å². The normalized spacial score (nSPS) is 30.7. The lowest BCUT2D eigenvalue weighted by Crippen LogP contribution is -2.48. The van der Waals surface area contributed by atoms with E-state index in [2.05, 4.69) is 9.47 Å². The van der Waals surface area contributed by atoms with Gasteiger partial charge in [-0.05, 0) is 51.8 Å². The molecule has 3 saturated heterocycles. The lowest BCUT2D eigenvalue weighted by Gasteiger charge is -2.46. The summed E-state index contributed by atoms with van der Waals surface area (Å²) in [5.41, 5.74) is 2.46. The van der Waals surface area contributed by atoms with Crippen molar-refractivity contribution in [3.8, 4) is 0 Å². The summed E-state index contributed by atoms with van der Waals surface area (Å²) in [5.74, 6) is -0.0860. The monoisotopic (exact) mass is 248 g/mol. The molecule has 4 heterocycles. The molecule has 1 aromatic rings. The molecule has 3 aliphatic heterocycles. The van der Waals surface area contributed by atoms with Crippen molar-refractivity contribution in [2.75, 3.05) is 19.6 Å². The van der Waals surface area contributed by atoms with Gasteiger partial charge in [0, 0.05) is 24.0 Å². The molecule has 0 radical (unpaired) electrons. The molecule has 3 aliphatic rings. The van der Waals surface area contributed by atoms with Gasteiger partial charge in [-0.2, -0.15) is 0 Å². The first-order valence-corrected chi connectivity index (χ1v) is 6.72. The molecule has 0 amide bonds. The van der Waals surface area contributed by atoms with E-state index in [-0.39, 0.29) is 0 Å². The molecular formula is C14H20N2O2. The van der Waals surface area contributed by atoms with Crippen molar-refractivity contribution in [2.24, 2.45) is 5.92 Å². The fourth-order valence-electron chi connectivity index (χ4n) is 3.73. The molecule has 4 rings (SSSR count). The van der Waals surface area contributed by atoms with Gasteiger partial charge >= 0.3 is 5.97 Å². The van der Waals surface area contributed by atoms with Crippen LogP contribution >= 0.6 is 0 Å². The molecule has 1 unspecified atom stereocenters. The quantitative estimate of drug-likeness (QED) is 0.871. The van der Waals surface area contributed by atoms with Crippen LogP contribution in [0.4, 0.5) is 0 Å². The second-order valence-corrected chi connectivity index (χ2v) is 5.67. The van der Waals surface area contributed by atoms with Gasteiger partial charge in [-0.3, -0.25) is 0 Å². The van der Waals surface area contributed by atoms with Gasteiger partial charge in [0.15, 0.2) is 0 Å². The molecule has 0 aliphatic carbocycles. The van der Waals surface area contributed by atoms with Gasteiger partial charge in [-0.15, -0.1) is 0 Å². The number of carboxylic acid groups (broad SMARTS) is 1. The lowest BCUT2D eigenvalue weighted by atomic mass is 9.83. The number of carboxylic acids is 1. The van der Waals surface area contributed by atoms with E-state index in [1.54, 1.807) is 0 Å². The molecule has 4 nitrogen and oxygen atoms in total. The zero-order chi connectivity index (χ0) is 12.9. The second-order valence-electron chi connectivity index (χ2n) is 5.67. The third-order valence-electron chi connectivity index (χ3n) is 4.67. The van der Waals surface area contributed by atoms with E-state index in [1.807, 2.05) is 19.9 Å². The standard InChI is InChI=1S/C14H20N2O2/c1-9-7-12(14(17)18)10(2)16(9)13-8-15-5-3-11(13)4-6-15/h7,11,13H,3-6,8H2,1-2H3,(H,17,18). The van der Waals surface area contributed by atoms with Crippen LogP contribution < -0.4 is 0 Å². The number of aryl methyl sites for hydroxylation is 1. The van der Waals surface area contributed by atoms with E-state index < -0.39 is 5.97 Å². The van der Waals surface area contributed by atoms with E-state index in [9.17, 15) is 9.90 Å². The van der Waals surface area contributed by atoms with Crippen LogP contribution in [-0.2, 0) is 0 Å². The van der Waals surface area contributed by atoms with Crippen LogP contribution in [0.5, 0.6) is 0 Å². The fourth-order valence-corrected chi connectivity index (χ4v) is 3.73. The molecule has 1 N–H and O–H groups in total. The zero-order valence-corrected chi connectivity index (χ0v) is 11.0. The predicted octanol–water partition coefficient (Wildman–Crippen LogP) is 2.07. The lowest BCUT2D eigenvalue weighted by molar-refractivity contribution is 0.0551. The van der Waals surface area contributed by atoms with E-state index in [0.29, 0.717) is 11.6 Å². The average molecular weight is 248 g/mol. The Morgan fingerprint density at radius 1 is 1.33 bits per heavy atom. The molecule has 0 saturated carbocycles. The minimum atomic E-state index is -0.810. The molecule has 0 aromatic carbocycles. The highest BCUT2D eigenvalue weighted by Gasteiger charge is 2.36. The molecule has 3 fully saturated rings. The van der Waals surface area contributed by atoms with Gasteiger partial charge in [0.2, 0.25) is 0 Å². The minimum Gasteiger partial charge on any atom is -0.478 e. The Balaban J connectivity index is 1.99. The first-order valence-electron chi connectivity index (χ1n) is 6.72. The van der Waals surface area contributed by atoms with Crippen LogP contribution in [0.2, 0.25) is 0 Å². The van der Waals surface area contributed by atoms with Gasteiger partial charge in [-0.25, -0.2) is 4.79 Å². The highest BCUT2D eigenvalue weighted by atomic mass is 16.4. The number of aromatic nitrogens is 1. The largest absolute Gasteiger partial charge is 0.478 e. The summed E-state index contributed by atoms with van der Waals surface area (Å²) in [6.45, 7) is 7.48. The molecule has 18 heavy (non-hydrogen) atoms. The third-order valence-corrected chi connectivity index (χ3v) is 4.67. The summed E-state index contributed by atoms with van der Waals surface area (Å²) < 4.78 is 2.26. The molecule has 1 atom stereocenters. The highest BCUT2D eigenvalue weighted by Crippen LogP contribution is 2.37. The van der Waals surface area contributed by atoms with E-state index in [0.717, 1.165) is 23.9 Å². The van der Waals surface area contributed by atoms with Gasteiger partial charge in [0.05, 0.1) is 5.56 Å². The SMILES string of the molecule is Cc1cc(C(=O)O)c(C)n1C1CN2CCC1CC2. The zero-order valence-electron chi connectivity index (χ0n) is 11.0. The average Bonchev–Trinajstić information content (AvgIpc) is 2.66. The number of nitrogens with zero attached hydrogens (tertiary/aromatic N) is 2. The van der Waals surface area contributed by atoms with Crippen molar-refractivity contribution < 1.29 is 9.90 Å². The summed E-state index contributed by atoms with van der Waals surface area (Å²) >= 11 is 0. The molecule has 4 heteroatoms. The van der Waals surface area contributed by atoms with Crippen LogP contribution in [0.3, 0.4) is 0 Å². The Hall–Kier alpha value is -1.29. The number of piperidine rings is 3. The third kappa shape index (κ3) is 1.67. The smallest absolute Gasteiger partial charge is 0.337 e. The van der Waals surface area contributed by atoms with Crippen LogP contribution in [-0.4, -0.2) is 40.2 Å². The number of fused-ring (bicyclic) bond motifs is 3. The Morgan fingerprint density at radius 3 is 2.44 bits per heavy atom. The van der Waals surface area contributed by atoms with Crippen LogP contribution in [0.25, 0.3) is 0 Å². The number of aromatic carboxylic acids is 1. The Morgan fingerprint density at radius 2 is 2.00 bits per heavy atom. The first kappa shape index (κ1) is 11.8.